The smallest absolute Gasteiger partial charge is 0.284 e. The van der Waals surface area contributed by atoms with Crippen molar-refractivity contribution < 1.29 is 10.2 Å². The van der Waals surface area contributed by atoms with Crippen molar-refractivity contribution in [1.29, 1.82) is 5.53 Å². The van der Waals surface area contributed by atoms with Crippen LogP contribution in [0.15, 0.2) is 10.1 Å². The second-order valence-corrected chi connectivity index (χ2v) is 3.41. The number of hydrogen-bond donors (Lipinski definition) is 3. The lowest BCUT2D eigenvalue weighted by molar-refractivity contribution is -0.172. The lowest BCUT2D eigenvalue weighted by Gasteiger charge is -2.28. The summed E-state index contributed by atoms with van der Waals surface area (Å²) in [5.74, 6) is -2.24. The molecule has 1 atom stereocenters. The molecule has 0 aliphatic carbocycles. The molecule has 0 saturated carbocycles. The number of nitrogens with zero attached hydrogens (tertiary/aromatic N) is 3. The fourth-order valence-electron chi connectivity index (χ4n) is 1.53. The van der Waals surface area contributed by atoms with Gasteiger partial charge in [0, 0.05) is 19.0 Å². The molecule has 0 saturated heterocycles. The van der Waals surface area contributed by atoms with Crippen molar-refractivity contribution in [2.45, 2.75) is 31.7 Å². The summed E-state index contributed by atoms with van der Waals surface area (Å²) in [6.45, 7) is 3.50. The lowest BCUT2D eigenvalue weighted by atomic mass is 10.1. The molecular weight excluding hydrogens is 220 g/mol. The molecule has 0 fully saturated rings. The van der Waals surface area contributed by atoms with E-state index in [0.29, 0.717) is 0 Å². The Bertz CT molecular complexity index is 235. The maximum atomic E-state index is 9.22. The maximum Gasteiger partial charge on any atom is 0.284 e. The van der Waals surface area contributed by atoms with Crippen LogP contribution < -0.4 is 0 Å². The molecule has 15 heavy (non-hydrogen) atoms. The van der Waals surface area contributed by atoms with E-state index < -0.39 is 5.91 Å². The molecule has 3 N–H and O–H groups in total. The molecule has 0 aromatic carbocycles. The van der Waals surface area contributed by atoms with E-state index in [1.165, 1.54) is 0 Å². The summed E-state index contributed by atoms with van der Waals surface area (Å²) < 4.78 is 0. The minimum absolute atomic E-state index is 0. The van der Waals surface area contributed by atoms with Crippen LogP contribution in [0.25, 0.3) is 0 Å². The van der Waals surface area contributed by atoms with Crippen LogP contribution in [0.5, 0.6) is 0 Å². The molecule has 1 aliphatic heterocycles. The second kappa shape index (κ2) is 5.99. The molecule has 1 aliphatic rings. The van der Waals surface area contributed by atoms with Gasteiger partial charge in [0.25, 0.3) is 5.91 Å². The van der Waals surface area contributed by atoms with E-state index in [9.17, 15) is 10.2 Å². The van der Waals surface area contributed by atoms with Crippen LogP contribution in [0, 0.1) is 5.53 Å². The molecule has 6 nitrogen and oxygen atoms in total. The summed E-state index contributed by atoms with van der Waals surface area (Å²) in [6, 6.07) is -0.0228. The molecule has 0 spiro atoms. The molecule has 0 aromatic rings. The molecule has 1 rings (SSSR count). The van der Waals surface area contributed by atoms with Crippen LogP contribution in [0.4, 0.5) is 0 Å². The summed E-state index contributed by atoms with van der Waals surface area (Å²) in [6.07, 6.45) is 2.53. The van der Waals surface area contributed by atoms with Gasteiger partial charge in [-0.05, 0) is 6.42 Å². The standard InChI is InChI=1S/C8H16N4O2.ClH/c1-2-7(5-8(13,14)11-9)12-4-3-10-6-12;/h6-7,9,13-14H,2-5H2,1H3;1H. The molecule has 0 amide bonds. The zero-order valence-corrected chi connectivity index (χ0v) is 9.44. The van der Waals surface area contributed by atoms with Crippen LogP contribution in [-0.2, 0) is 0 Å². The Morgan fingerprint density at radius 3 is 2.73 bits per heavy atom. The predicted molar refractivity (Wildman–Crippen MR) is 58.3 cm³/mol. The first-order chi connectivity index (χ1) is 6.59. The van der Waals surface area contributed by atoms with Gasteiger partial charge in [-0.2, -0.15) is 0 Å². The summed E-state index contributed by atoms with van der Waals surface area (Å²) in [5, 5.41) is 21.2. The van der Waals surface area contributed by atoms with Gasteiger partial charge >= 0.3 is 0 Å². The third-order valence-electron chi connectivity index (χ3n) is 2.35. The third kappa shape index (κ3) is 4.11. The van der Waals surface area contributed by atoms with E-state index in [4.69, 9.17) is 5.53 Å². The van der Waals surface area contributed by atoms with E-state index in [1.807, 2.05) is 11.8 Å². The molecule has 0 radical (unpaired) electrons. The first-order valence-corrected chi connectivity index (χ1v) is 4.68. The van der Waals surface area contributed by atoms with Crippen molar-refractivity contribution in [1.82, 2.24) is 4.90 Å². The number of nitrogens with one attached hydrogen (secondary N) is 1. The van der Waals surface area contributed by atoms with Crippen LogP contribution in [0.3, 0.4) is 0 Å². The molecule has 0 aromatic heterocycles. The van der Waals surface area contributed by atoms with Gasteiger partial charge < -0.3 is 15.1 Å². The molecule has 88 valence electrons. The Morgan fingerprint density at radius 1 is 1.67 bits per heavy atom. The van der Waals surface area contributed by atoms with Gasteiger partial charge in [0.1, 0.15) is 0 Å². The Kier molecular flexibility index (Phi) is 5.71. The minimum atomic E-state index is -2.24. The number of rotatable bonds is 5. The van der Waals surface area contributed by atoms with Gasteiger partial charge in [-0.25, -0.2) is 5.53 Å². The summed E-state index contributed by atoms with van der Waals surface area (Å²) >= 11 is 0. The van der Waals surface area contributed by atoms with Gasteiger partial charge in [-0.15, -0.1) is 17.5 Å². The Labute approximate surface area is 94.9 Å². The molecular formula is C8H17ClN4O2. The summed E-state index contributed by atoms with van der Waals surface area (Å²) in [4.78, 5) is 6.00. The largest absolute Gasteiger partial charge is 0.358 e. The van der Waals surface area contributed by atoms with Crippen molar-refractivity contribution in [3.05, 3.63) is 0 Å². The zero-order valence-electron chi connectivity index (χ0n) is 8.63. The number of aliphatic imine (C=N–C) groups is 1. The van der Waals surface area contributed by atoms with Crippen molar-refractivity contribution in [3.63, 3.8) is 0 Å². The number of aliphatic hydroxyl groups is 2. The number of hydrogen-bond acceptors (Lipinski definition) is 6. The molecule has 7 heteroatoms. The summed E-state index contributed by atoms with van der Waals surface area (Å²) in [7, 11) is 0. The average molecular weight is 237 g/mol. The van der Waals surface area contributed by atoms with Gasteiger partial charge in [0.15, 0.2) is 0 Å². The Hall–Kier alpha value is -0.720. The monoisotopic (exact) mass is 236 g/mol. The van der Waals surface area contributed by atoms with Crippen LogP contribution in [-0.4, -0.2) is 46.5 Å². The SMILES string of the molecule is CCC(CC(O)(O)N=N)N1C=NCC1.Cl. The molecule has 1 heterocycles. The molecule has 1 unspecified atom stereocenters. The maximum absolute atomic E-state index is 9.22. The van der Waals surface area contributed by atoms with Crippen molar-refractivity contribution in [2.24, 2.45) is 10.1 Å². The highest BCUT2D eigenvalue weighted by Crippen LogP contribution is 2.18. The van der Waals surface area contributed by atoms with Gasteiger partial charge in [0.2, 0.25) is 0 Å². The van der Waals surface area contributed by atoms with E-state index in [0.717, 1.165) is 19.5 Å². The second-order valence-electron chi connectivity index (χ2n) is 3.41. The van der Waals surface area contributed by atoms with Gasteiger partial charge in [-0.3, -0.25) is 4.99 Å². The van der Waals surface area contributed by atoms with Crippen LogP contribution in [0.2, 0.25) is 0 Å². The average Bonchev–Trinajstić information content (AvgIpc) is 2.67. The van der Waals surface area contributed by atoms with E-state index >= 15 is 0 Å². The predicted octanol–water partition coefficient (Wildman–Crippen LogP) is 0.590. The van der Waals surface area contributed by atoms with Crippen LogP contribution >= 0.6 is 12.4 Å². The Morgan fingerprint density at radius 2 is 2.33 bits per heavy atom. The highest BCUT2D eigenvalue weighted by molar-refractivity contribution is 5.85. The third-order valence-corrected chi connectivity index (χ3v) is 2.35. The minimum Gasteiger partial charge on any atom is -0.358 e. The fraction of sp³-hybridized carbons (Fsp3) is 0.875. The van der Waals surface area contributed by atoms with E-state index in [1.54, 1.807) is 6.34 Å². The highest BCUT2D eigenvalue weighted by atomic mass is 35.5. The summed E-state index contributed by atoms with van der Waals surface area (Å²) in [5.41, 5.74) is 6.62. The zero-order chi connectivity index (χ0) is 10.6. The van der Waals surface area contributed by atoms with Crippen LogP contribution in [0.1, 0.15) is 19.8 Å². The first-order valence-electron chi connectivity index (χ1n) is 4.68. The Balaban J connectivity index is 0.00000196. The van der Waals surface area contributed by atoms with Crippen molar-refractivity contribution >= 4 is 18.7 Å². The normalized spacial score (nSPS) is 17.4. The molecule has 0 bridgehead atoms. The van der Waals surface area contributed by atoms with Gasteiger partial charge in [-0.1, -0.05) is 6.92 Å². The highest BCUT2D eigenvalue weighted by Gasteiger charge is 2.29. The quantitative estimate of drug-likeness (QED) is 0.482. The van der Waals surface area contributed by atoms with Crippen molar-refractivity contribution in [2.75, 3.05) is 13.1 Å². The van der Waals surface area contributed by atoms with Gasteiger partial charge in [0.05, 0.1) is 12.9 Å². The topological polar surface area (TPSA) is 92.3 Å². The lowest BCUT2D eigenvalue weighted by Crippen LogP contribution is -2.40. The number of halogens is 1. The first kappa shape index (κ1) is 14.3. The van der Waals surface area contributed by atoms with E-state index in [2.05, 4.69) is 10.1 Å². The fourth-order valence-corrected chi connectivity index (χ4v) is 1.53. The van der Waals surface area contributed by atoms with Crippen molar-refractivity contribution in [3.8, 4) is 0 Å². The van der Waals surface area contributed by atoms with E-state index in [-0.39, 0.29) is 24.9 Å².